The Morgan fingerprint density at radius 1 is 1.06 bits per heavy atom. The second-order valence-corrected chi connectivity index (χ2v) is 8.58. The van der Waals surface area contributed by atoms with Crippen molar-refractivity contribution in [1.29, 1.82) is 0 Å². The topological polar surface area (TPSA) is 128 Å². The Balaban J connectivity index is 1.68. The number of carboxylic acid groups (broad SMARTS) is 1. The van der Waals surface area contributed by atoms with Crippen LogP contribution in [-0.2, 0) is 26.5 Å². The Hall–Kier alpha value is -4.28. The molecule has 0 aliphatic carbocycles. The van der Waals surface area contributed by atoms with E-state index in [1.807, 2.05) is 0 Å². The second-order valence-electron chi connectivity index (χ2n) is 8.05. The van der Waals surface area contributed by atoms with Gasteiger partial charge in [0.25, 0.3) is 5.79 Å². The lowest BCUT2D eigenvalue weighted by molar-refractivity contribution is -0.185. The molecular formula is C26H20N2O7S. The van der Waals surface area contributed by atoms with Gasteiger partial charge in [-0.25, -0.2) is 9.59 Å². The molecule has 1 unspecified atom stereocenters. The summed E-state index contributed by atoms with van der Waals surface area (Å²) in [4.78, 5) is 24.4. The zero-order chi connectivity index (χ0) is 25.3. The van der Waals surface area contributed by atoms with Crippen molar-refractivity contribution in [3.8, 4) is 11.5 Å². The summed E-state index contributed by atoms with van der Waals surface area (Å²) in [6, 6.07) is 18.7. The van der Waals surface area contributed by atoms with Crippen molar-refractivity contribution >= 4 is 40.3 Å². The van der Waals surface area contributed by atoms with Gasteiger partial charge in [-0.05, 0) is 29.3 Å². The first kappa shape index (κ1) is 23.5. The van der Waals surface area contributed by atoms with E-state index in [1.54, 1.807) is 66.7 Å². The van der Waals surface area contributed by atoms with Crippen LogP contribution in [0.4, 0.5) is 0 Å². The van der Waals surface area contributed by atoms with E-state index in [0.717, 1.165) is 11.7 Å². The number of hydrogen-bond acceptors (Lipinski definition) is 9. The monoisotopic (exact) mass is 504 g/mol. The molecule has 0 amide bonds. The molecule has 0 saturated carbocycles. The summed E-state index contributed by atoms with van der Waals surface area (Å²) in [5, 5.41) is 20.9. The number of hydrogen-bond donors (Lipinski definition) is 2. The minimum absolute atomic E-state index is 0.0266. The molecule has 1 aromatic heterocycles. The van der Waals surface area contributed by atoms with Crippen LogP contribution in [0.25, 0.3) is 16.6 Å². The van der Waals surface area contributed by atoms with Crippen LogP contribution in [0, 0.1) is 0 Å². The number of carbonyl (C=O) groups is 2. The average Bonchev–Trinajstić information content (AvgIpc) is 3.45. The molecule has 0 bridgehead atoms. The Morgan fingerprint density at radius 3 is 2.58 bits per heavy atom. The lowest BCUT2D eigenvalue weighted by atomic mass is 9.87. The molecule has 3 aromatic carbocycles. The number of fused-ring (bicyclic) bond motifs is 1. The van der Waals surface area contributed by atoms with Crippen LogP contribution >= 0.6 is 11.7 Å². The van der Waals surface area contributed by atoms with Gasteiger partial charge >= 0.3 is 11.9 Å². The van der Waals surface area contributed by atoms with Crippen molar-refractivity contribution in [3.05, 3.63) is 89.0 Å². The summed E-state index contributed by atoms with van der Waals surface area (Å²) in [5.41, 5.74) is 3.21. The van der Waals surface area contributed by atoms with Crippen molar-refractivity contribution in [2.24, 2.45) is 0 Å². The number of carbonyl (C=O) groups excluding carboxylic acids is 1. The van der Waals surface area contributed by atoms with E-state index in [0.29, 0.717) is 33.5 Å². The van der Waals surface area contributed by atoms with Crippen molar-refractivity contribution < 1.29 is 34.0 Å². The third-order valence-electron chi connectivity index (χ3n) is 5.86. The van der Waals surface area contributed by atoms with Crippen molar-refractivity contribution in [1.82, 2.24) is 8.75 Å². The van der Waals surface area contributed by atoms with Crippen LogP contribution in [0.3, 0.4) is 0 Å². The molecule has 2 N–H and O–H groups in total. The fourth-order valence-electron chi connectivity index (χ4n) is 4.15. The van der Waals surface area contributed by atoms with Crippen molar-refractivity contribution in [2.45, 2.75) is 12.2 Å². The summed E-state index contributed by atoms with van der Waals surface area (Å²) < 4.78 is 24.8. The van der Waals surface area contributed by atoms with E-state index in [1.165, 1.54) is 7.11 Å². The van der Waals surface area contributed by atoms with Gasteiger partial charge < -0.3 is 24.4 Å². The van der Waals surface area contributed by atoms with Gasteiger partial charge in [0.15, 0.2) is 6.61 Å². The number of aromatic nitrogens is 2. The van der Waals surface area contributed by atoms with Gasteiger partial charge in [0, 0.05) is 23.6 Å². The number of methoxy groups -OCH3 is 1. The number of aliphatic hydroxyl groups is 1. The Labute approximate surface area is 209 Å². The predicted octanol–water partition coefficient (Wildman–Crippen LogP) is 3.56. The molecule has 1 atom stereocenters. The summed E-state index contributed by atoms with van der Waals surface area (Å²) in [6.45, 7) is -0.571. The fraction of sp³-hybridized carbons (Fsp3) is 0.154. The third kappa shape index (κ3) is 4.28. The van der Waals surface area contributed by atoms with Crippen molar-refractivity contribution in [3.63, 3.8) is 0 Å². The fourth-order valence-corrected chi connectivity index (χ4v) is 4.66. The van der Waals surface area contributed by atoms with E-state index < -0.39 is 24.3 Å². The summed E-state index contributed by atoms with van der Waals surface area (Å²) >= 11 is 1.06. The Kier molecular flexibility index (Phi) is 6.13. The van der Waals surface area contributed by atoms with Gasteiger partial charge in [-0.1, -0.05) is 42.5 Å². The molecule has 0 saturated heterocycles. The molecule has 4 aromatic rings. The minimum Gasteiger partial charge on any atom is -0.497 e. The van der Waals surface area contributed by atoms with E-state index in [2.05, 4.69) is 8.75 Å². The molecule has 0 spiro atoms. The van der Waals surface area contributed by atoms with Crippen LogP contribution in [0.2, 0.25) is 0 Å². The predicted molar refractivity (Wildman–Crippen MR) is 131 cm³/mol. The maximum atomic E-state index is 13.2. The molecule has 10 heteroatoms. The van der Waals surface area contributed by atoms with Gasteiger partial charge in [0.05, 0.1) is 24.4 Å². The number of aliphatic carboxylic acids is 1. The van der Waals surface area contributed by atoms with Crippen molar-refractivity contribution in [2.75, 3.05) is 13.7 Å². The molecule has 0 fully saturated rings. The highest BCUT2D eigenvalue weighted by atomic mass is 32.1. The van der Waals surface area contributed by atoms with Gasteiger partial charge in [-0.3, -0.25) is 0 Å². The zero-order valence-corrected chi connectivity index (χ0v) is 19.8. The van der Waals surface area contributed by atoms with Gasteiger partial charge in [0.1, 0.15) is 22.5 Å². The lowest BCUT2D eigenvalue weighted by Crippen LogP contribution is -2.29. The SMILES string of the molecule is COc1ccc(CC2=C(c3ccc4nsnc4c3)C(=O)OC2(O)c2ccccc2)c(OCC(=O)O)c1. The van der Waals surface area contributed by atoms with Crippen LogP contribution in [0.1, 0.15) is 16.7 Å². The standard InChI is InChI=1S/C26H20N2O7S/c1-33-18-9-7-15(22(13-18)34-14-23(29)30)11-19-24(16-8-10-20-21(12-16)28-36-27-20)25(31)35-26(19,32)17-5-3-2-4-6-17/h2-10,12-13,32H,11,14H2,1H3,(H,29,30). The first-order valence-electron chi connectivity index (χ1n) is 10.9. The van der Waals surface area contributed by atoms with Gasteiger partial charge in [0.2, 0.25) is 0 Å². The molecule has 36 heavy (non-hydrogen) atoms. The molecule has 9 nitrogen and oxygen atoms in total. The van der Waals surface area contributed by atoms with Gasteiger partial charge in [-0.2, -0.15) is 8.75 Å². The van der Waals surface area contributed by atoms with Gasteiger partial charge in [-0.15, -0.1) is 0 Å². The van der Waals surface area contributed by atoms with Crippen LogP contribution in [-0.4, -0.2) is 44.6 Å². The maximum Gasteiger partial charge on any atom is 0.342 e. The zero-order valence-electron chi connectivity index (χ0n) is 19.0. The summed E-state index contributed by atoms with van der Waals surface area (Å²) in [5.74, 6) is -3.17. The normalized spacial score (nSPS) is 17.3. The second kappa shape index (κ2) is 9.40. The first-order chi connectivity index (χ1) is 17.4. The number of benzene rings is 3. The molecular weight excluding hydrogens is 484 g/mol. The molecule has 1 aliphatic heterocycles. The lowest BCUT2D eigenvalue weighted by Gasteiger charge is -2.26. The number of rotatable bonds is 8. The highest BCUT2D eigenvalue weighted by Crippen LogP contribution is 2.45. The largest absolute Gasteiger partial charge is 0.497 e. The number of cyclic esters (lactones) is 1. The molecule has 182 valence electrons. The summed E-state index contributed by atoms with van der Waals surface area (Å²) in [7, 11) is 1.48. The number of esters is 1. The molecule has 2 heterocycles. The van der Waals surface area contributed by atoms with E-state index in [4.69, 9.17) is 19.3 Å². The summed E-state index contributed by atoms with van der Waals surface area (Å²) in [6.07, 6.45) is 0.0266. The highest BCUT2D eigenvalue weighted by molar-refractivity contribution is 7.00. The van der Waals surface area contributed by atoms with E-state index >= 15 is 0 Å². The highest BCUT2D eigenvalue weighted by Gasteiger charge is 2.48. The van der Waals surface area contributed by atoms with Crippen LogP contribution in [0.5, 0.6) is 11.5 Å². The number of carboxylic acids is 1. The average molecular weight is 505 g/mol. The first-order valence-corrected chi connectivity index (χ1v) is 11.6. The Morgan fingerprint density at radius 2 is 1.83 bits per heavy atom. The van der Waals surface area contributed by atoms with Crippen LogP contribution < -0.4 is 9.47 Å². The number of ether oxygens (including phenoxy) is 3. The van der Waals surface area contributed by atoms with Crippen LogP contribution in [0.15, 0.2) is 72.3 Å². The minimum atomic E-state index is -2.05. The molecule has 5 rings (SSSR count). The Bertz CT molecular complexity index is 1500. The molecule has 1 aliphatic rings. The van der Waals surface area contributed by atoms with E-state index in [9.17, 15) is 14.7 Å². The molecule has 0 radical (unpaired) electrons. The third-order valence-corrected chi connectivity index (χ3v) is 6.41. The number of nitrogens with zero attached hydrogens (tertiary/aromatic N) is 2. The maximum absolute atomic E-state index is 13.2. The van der Waals surface area contributed by atoms with E-state index in [-0.39, 0.29) is 23.3 Å². The quantitative estimate of drug-likeness (QED) is 0.346. The smallest absolute Gasteiger partial charge is 0.342 e.